The quantitative estimate of drug-likeness (QED) is 0.742. The van der Waals surface area contributed by atoms with E-state index in [1.54, 1.807) is 0 Å². The Morgan fingerprint density at radius 2 is 1.70 bits per heavy atom. The van der Waals surface area contributed by atoms with E-state index in [1.165, 1.54) is 5.56 Å². The van der Waals surface area contributed by atoms with Gasteiger partial charge in [-0.1, -0.05) is 42.0 Å². The number of carbonyl (C=O) groups is 1. The maximum atomic E-state index is 11.3. The van der Waals surface area contributed by atoms with E-state index in [-0.39, 0.29) is 5.92 Å². The number of hydrogen-bond donors (Lipinski definition) is 0. The molecule has 2 aromatic rings. The van der Waals surface area contributed by atoms with Crippen LogP contribution in [0.4, 0.5) is 0 Å². The van der Waals surface area contributed by atoms with Crippen molar-refractivity contribution < 1.29 is 9.53 Å². The fourth-order valence-electron chi connectivity index (χ4n) is 2.20. The van der Waals surface area contributed by atoms with Crippen molar-refractivity contribution in [3.63, 3.8) is 0 Å². The molecule has 2 nitrogen and oxygen atoms in total. The summed E-state index contributed by atoms with van der Waals surface area (Å²) in [4.78, 5) is 11.3. The molecule has 0 radical (unpaired) electrons. The molecule has 0 N–H and O–H groups in total. The highest BCUT2D eigenvalue weighted by Gasteiger charge is 2.11. The second-order valence-electron chi connectivity index (χ2n) is 4.93. The van der Waals surface area contributed by atoms with Crippen LogP contribution in [0.2, 0.25) is 0 Å². The molecule has 0 saturated heterocycles. The Hall–Kier alpha value is -2.09. The minimum Gasteiger partial charge on any atom is -0.494 e. The zero-order valence-electron chi connectivity index (χ0n) is 12.0. The molecule has 0 amide bonds. The van der Waals surface area contributed by atoms with Gasteiger partial charge in [-0.05, 0) is 43.5 Å². The number of hydrogen-bond acceptors (Lipinski definition) is 2. The molecule has 0 fully saturated rings. The van der Waals surface area contributed by atoms with Crippen LogP contribution in [0, 0.1) is 6.92 Å². The predicted molar refractivity (Wildman–Crippen MR) is 81.3 cm³/mol. The second-order valence-corrected chi connectivity index (χ2v) is 4.93. The Balaban J connectivity index is 2.09. The lowest BCUT2D eigenvalue weighted by atomic mass is 9.93. The zero-order valence-corrected chi connectivity index (χ0v) is 12.0. The number of ether oxygens (including phenoxy) is 1. The number of aryl methyl sites for hydroxylation is 1. The first-order chi connectivity index (χ1) is 9.72. The van der Waals surface area contributed by atoms with E-state index in [0.717, 1.165) is 29.6 Å². The Morgan fingerprint density at radius 1 is 1.05 bits per heavy atom. The van der Waals surface area contributed by atoms with Crippen LogP contribution < -0.4 is 4.74 Å². The Morgan fingerprint density at radius 3 is 2.25 bits per heavy atom. The van der Waals surface area contributed by atoms with Crippen LogP contribution in [-0.4, -0.2) is 12.9 Å². The van der Waals surface area contributed by atoms with Gasteiger partial charge in [-0.2, -0.15) is 0 Å². The maximum Gasteiger partial charge on any atom is 0.127 e. The number of rotatable bonds is 6. The van der Waals surface area contributed by atoms with Crippen molar-refractivity contribution in [2.45, 2.75) is 26.2 Å². The zero-order chi connectivity index (χ0) is 14.4. The number of aldehydes is 1. The molecule has 0 spiro atoms. The van der Waals surface area contributed by atoms with E-state index < -0.39 is 0 Å². The van der Waals surface area contributed by atoms with Gasteiger partial charge in [-0.15, -0.1) is 0 Å². The standard InChI is InChI=1S/C18H20O2/c1-3-20-18-10-6-15(7-11-18)12-17(13-19)16-8-4-14(2)5-9-16/h4-11,13,17H,3,12H2,1-2H3. The van der Waals surface area contributed by atoms with Gasteiger partial charge in [0.1, 0.15) is 12.0 Å². The van der Waals surface area contributed by atoms with Crippen molar-refractivity contribution in [1.82, 2.24) is 0 Å². The highest BCUT2D eigenvalue weighted by Crippen LogP contribution is 2.21. The summed E-state index contributed by atoms with van der Waals surface area (Å²) >= 11 is 0. The summed E-state index contributed by atoms with van der Waals surface area (Å²) in [6.45, 7) is 4.68. The van der Waals surface area contributed by atoms with Crippen LogP contribution in [0.5, 0.6) is 5.75 Å². The van der Waals surface area contributed by atoms with Crippen molar-refractivity contribution in [2.75, 3.05) is 6.61 Å². The molecule has 20 heavy (non-hydrogen) atoms. The van der Waals surface area contributed by atoms with E-state index >= 15 is 0 Å². The third-order valence-corrected chi connectivity index (χ3v) is 3.36. The van der Waals surface area contributed by atoms with Crippen LogP contribution >= 0.6 is 0 Å². The Kier molecular flexibility index (Phi) is 4.94. The lowest BCUT2D eigenvalue weighted by molar-refractivity contribution is -0.109. The summed E-state index contributed by atoms with van der Waals surface area (Å²) in [5, 5.41) is 0. The largest absolute Gasteiger partial charge is 0.494 e. The van der Waals surface area contributed by atoms with Gasteiger partial charge in [-0.3, -0.25) is 0 Å². The van der Waals surface area contributed by atoms with E-state index in [4.69, 9.17) is 4.74 Å². The van der Waals surface area contributed by atoms with Gasteiger partial charge in [0, 0.05) is 5.92 Å². The SMILES string of the molecule is CCOc1ccc(CC(C=O)c2ccc(C)cc2)cc1. The third kappa shape index (κ3) is 3.70. The average Bonchev–Trinajstić information content (AvgIpc) is 2.48. The molecule has 104 valence electrons. The molecule has 0 aliphatic heterocycles. The summed E-state index contributed by atoms with van der Waals surface area (Å²) in [5.41, 5.74) is 3.42. The molecule has 2 heteroatoms. The molecule has 0 saturated carbocycles. The topological polar surface area (TPSA) is 26.3 Å². The van der Waals surface area contributed by atoms with Crippen molar-refractivity contribution in [1.29, 1.82) is 0 Å². The molecule has 1 unspecified atom stereocenters. The molecule has 2 aromatic carbocycles. The molecular formula is C18H20O2. The van der Waals surface area contributed by atoms with E-state index in [0.29, 0.717) is 6.61 Å². The van der Waals surface area contributed by atoms with Crippen LogP contribution in [0.1, 0.15) is 29.5 Å². The molecule has 2 rings (SSSR count). The van der Waals surface area contributed by atoms with Gasteiger partial charge >= 0.3 is 0 Å². The van der Waals surface area contributed by atoms with Crippen LogP contribution in [-0.2, 0) is 11.2 Å². The first-order valence-electron chi connectivity index (χ1n) is 6.96. The smallest absolute Gasteiger partial charge is 0.127 e. The number of benzene rings is 2. The molecular weight excluding hydrogens is 248 g/mol. The molecule has 0 heterocycles. The summed E-state index contributed by atoms with van der Waals surface area (Å²) in [7, 11) is 0. The summed E-state index contributed by atoms with van der Waals surface area (Å²) in [6, 6.07) is 16.1. The highest BCUT2D eigenvalue weighted by atomic mass is 16.5. The lowest BCUT2D eigenvalue weighted by Gasteiger charge is -2.12. The normalized spacial score (nSPS) is 11.9. The van der Waals surface area contributed by atoms with E-state index in [1.807, 2.05) is 62.4 Å². The average molecular weight is 268 g/mol. The summed E-state index contributed by atoms with van der Waals surface area (Å²) in [6.07, 6.45) is 1.75. The predicted octanol–water partition coefficient (Wildman–Crippen LogP) is 3.92. The van der Waals surface area contributed by atoms with Crippen molar-refractivity contribution in [3.8, 4) is 5.75 Å². The maximum absolute atomic E-state index is 11.3. The fourth-order valence-corrected chi connectivity index (χ4v) is 2.20. The molecule has 0 aromatic heterocycles. The second kappa shape index (κ2) is 6.90. The molecule has 0 aliphatic carbocycles. The number of carbonyl (C=O) groups excluding carboxylic acids is 1. The van der Waals surface area contributed by atoms with E-state index in [2.05, 4.69) is 0 Å². The minimum atomic E-state index is -0.0893. The molecule has 1 atom stereocenters. The molecule has 0 aliphatic rings. The van der Waals surface area contributed by atoms with Gasteiger partial charge < -0.3 is 9.53 Å². The van der Waals surface area contributed by atoms with Gasteiger partial charge in [-0.25, -0.2) is 0 Å². The summed E-state index contributed by atoms with van der Waals surface area (Å²) in [5.74, 6) is 0.780. The van der Waals surface area contributed by atoms with Crippen molar-refractivity contribution in [2.24, 2.45) is 0 Å². The first-order valence-corrected chi connectivity index (χ1v) is 6.96. The van der Waals surface area contributed by atoms with Crippen molar-refractivity contribution in [3.05, 3.63) is 65.2 Å². The highest BCUT2D eigenvalue weighted by molar-refractivity contribution is 5.63. The summed E-state index contributed by atoms with van der Waals surface area (Å²) < 4.78 is 5.42. The van der Waals surface area contributed by atoms with Crippen LogP contribution in [0.25, 0.3) is 0 Å². The Labute approximate surface area is 120 Å². The fraction of sp³-hybridized carbons (Fsp3) is 0.278. The van der Waals surface area contributed by atoms with Gasteiger partial charge in [0.05, 0.1) is 6.61 Å². The van der Waals surface area contributed by atoms with Crippen molar-refractivity contribution >= 4 is 6.29 Å². The van der Waals surface area contributed by atoms with Crippen LogP contribution in [0.15, 0.2) is 48.5 Å². The van der Waals surface area contributed by atoms with Gasteiger partial charge in [0.15, 0.2) is 0 Å². The molecule has 0 bridgehead atoms. The Bertz CT molecular complexity index is 541. The monoisotopic (exact) mass is 268 g/mol. The van der Waals surface area contributed by atoms with E-state index in [9.17, 15) is 4.79 Å². The van der Waals surface area contributed by atoms with Gasteiger partial charge in [0.25, 0.3) is 0 Å². The minimum absolute atomic E-state index is 0.0893. The lowest BCUT2D eigenvalue weighted by Crippen LogP contribution is -2.04. The van der Waals surface area contributed by atoms with Crippen LogP contribution in [0.3, 0.4) is 0 Å². The first kappa shape index (κ1) is 14.3. The van der Waals surface area contributed by atoms with Gasteiger partial charge in [0.2, 0.25) is 0 Å². The third-order valence-electron chi connectivity index (χ3n) is 3.36.